The van der Waals surface area contributed by atoms with E-state index in [1.807, 2.05) is 4.90 Å². The second kappa shape index (κ2) is 6.12. The normalized spacial score (nSPS) is 14.8. The van der Waals surface area contributed by atoms with Crippen molar-refractivity contribution in [2.75, 3.05) is 31.1 Å². The molecule has 0 unspecified atom stereocenters. The molecule has 6 nitrogen and oxygen atoms in total. The van der Waals surface area contributed by atoms with Crippen molar-refractivity contribution in [1.29, 1.82) is 0 Å². The molecule has 1 aliphatic rings. The lowest BCUT2D eigenvalue weighted by Crippen LogP contribution is -2.48. The Morgan fingerprint density at radius 2 is 1.87 bits per heavy atom. The minimum Gasteiger partial charge on any atom is -0.478 e. The number of halogens is 1. The minimum atomic E-state index is -1.17. The summed E-state index contributed by atoms with van der Waals surface area (Å²) in [6, 6.07) is 7.00. The molecule has 120 valence electrons. The fourth-order valence-electron chi connectivity index (χ4n) is 2.60. The van der Waals surface area contributed by atoms with E-state index in [-0.39, 0.29) is 17.2 Å². The number of hydrogen-bond donors (Lipinski definition) is 1. The van der Waals surface area contributed by atoms with E-state index in [0.717, 1.165) is 6.07 Å². The highest BCUT2D eigenvalue weighted by atomic mass is 19.1. The molecule has 0 radical (unpaired) electrons. The standard InChI is InChI=1S/C16H15FN2O4/c17-12-8-11(16(21)22)9-13(10-12)18-3-5-19(6-4-18)15(20)14-2-1-7-23-14/h1-2,7-10H,3-6H2,(H,21,22). The van der Waals surface area contributed by atoms with Crippen LogP contribution in [-0.4, -0.2) is 48.1 Å². The third-order valence-corrected chi connectivity index (χ3v) is 3.79. The summed E-state index contributed by atoms with van der Waals surface area (Å²) in [5.41, 5.74) is 0.418. The van der Waals surface area contributed by atoms with Crippen LogP contribution in [0.25, 0.3) is 0 Å². The maximum Gasteiger partial charge on any atom is 0.335 e. The van der Waals surface area contributed by atoms with Gasteiger partial charge in [-0.2, -0.15) is 0 Å². The number of aromatic carboxylic acids is 1. The number of carboxylic acids is 1. The summed E-state index contributed by atoms with van der Waals surface area (Å²) in [5.74, 6) is -1.65. The van der Waals surface area contributed by atoms with Crippen molar-refractivity contribution < 1.29 is 23.5 Å². The van der Waals surface area contributed by atoms with E-state index in [9.17, 15) is 14.0 Å². The van der Waals surface area contributed by atoms with Gasteiger partial charge in [-0.05, 0) is 30.3 Å². The van der Waals surface area contributed by atoms with Crippen LogP contribution in [0.4, 0.5) is 10.1 Å². The van der Waals surface area contributed by atoms with Gasteiger partial charge in [-0.1, -0.05) is 0 Å². The topological polar surface area (TPSA) is 74.0 Å². The molecule has 1 aromatic heterocycles. The van der Waals surface area contributed by atoms with Crippen LogP contribution in [0.15, 0.2) is 41.0 Å². The van der Waals surface area contributed by atoms with E-state index in [2.05, 4.69) is 0 Å². The van der Waals surface area contributed by atoms with Crippen molar-refractivity contribution >= 4 is 17.6 Å². The zero-order valence-corrected chi connectivity index (χ0v) is 12.2. The lowest BCUT2D eigenvalue weighted by molar-refractivity contribution is 0.0694. The summed E-state index contributed by atoms with van der Waals surface area (Å²) in [7, 11) is 0. The van der Waals surface area contributed by atoms with Crippen LogP contribution < -0.4 is 4.90 Å². The lowest BCUT2D eigenvalue weighted by atomic mass is 10.1. The first-order valence-corrected chi connectivity index (χ1v) is 7.16. The molecule has 0 atom stereocenters. The van der Waals surface area contributed by atoms with Gasteiger partial charge >= 0.3 is 5.97 Å². The van der Waals surface area contributed by atoms with Crippen molar-refractivity contribution in [3.63, 3.8) is 0 Å². The zero-order chi connectivity index (χ0) is 16.4. The predicted octanol–water partition coefficient (Wildman–Crippen LogP) is 2.08. The van der Waals surface area contributed by atoms with Gasteiger partial charge in [0, 0.05) is 31.9 Å². The third kappa shape index (κ3) is 3.18. The molecule has 23 heavy (non-hydrogen) atoms. The van der Waals surface area contributed by atoms with Crippen LogP contribution in [-0.2, 0) is 0 Å². The van der Waals surface area contributed by atoms with Gasteiger partial charge in [0.15, 0.2) is 5.76 Å². The highest BCUT2D eigenvalue weighted by Gasteiger charge is 2.24. The Morgan fingerprint density at radius 1 is 1.13 bits per heavy atom. The number of hydrogen-bond acceptors (Lipinski definition) is 4. The lowest BCUT2D eigenvalue weighted by Gasteiger charge is -2.35. The number of amides is 1. The average molecular weight is 318 g/mol. The minimum absolute atomic E-state index is 0.0888. The molecule has 1 N–H and O–H groups in total. The van der Waals surface area contributed by atoms with E-state index in [1.165, 1.54) is 18.4 Å². The third-order valence-electron chi connectivity index (χ3n) is 3.79. The molecule has 1 aliphatic heterocycles. The number of piperazine rings is 1. The van der Waals surface area contributed by atoms with E-state index in [0.29, 0.717) is 31.9 Å². The van der Waals surface area contributed by atoms with Crippen molar-refractivity contribution in [3.05, 3.63) is 53.7 Å². The predicted molar refractivity (Wildman–Crippen MR) is 80.2 cm³/mol. The molecule has 0 bridgehead atoms. The Kier molecular flexibility index (Phi) is 4.01. The monoisotopic (exact) mass is 318 g/mol. The van der Waals surface area contributed by atoms with Crippen LogP contribution in [0, 0.1) is 5.82 Å². The summed E-state index contributed by atoms with van der Waals surface area (Å²) < 4.78 is 18.7. The molecule has 0 spiro atoms. The molecular weight excluding hydrogens is 303 g/mol. The molecule has 0 saturated carbocycles. The largest absolute Gasteiger partial charge is 0.478 e. The van der Waals surface area contributed by atoms with Gasteiger partial charge in [0.25, 0.3) is 5.91 Å². The number of anilines is 1. The Morgan fingerprint density at radius 3 is 2.48 bits per heavy atom. The van der Waals surface area contributed by atoms with Gasteiger partial charge in [-0.3, -0.25) is 4.79 Å². The summed E-state index contributed by atoms with van der Waals surface area (Å²) in [6.07, 6.45) is 1.45. The first-order valence-electron chi connectivity index (χ1n) is 7.16. The zero-order valence-electron chi connectivity index (χ0n) is 12.2. The molecule has 1 amide bonds. The average Bonchev–Trinajstić information content (AvgIpc) is 3.08. The number of carbonyl (C=O) groups excluding carboxylic acids is 1. The van der Waals surface area contributed by atoms with Gasteiger partial charge in [-0.25, -0.2) is 9.18 Å². The smallest absolute Gasteiger partial charge is 0.335 e. The molecule has 1 saturated heterocycles. The number of benzene rings is 1. The first kappa shape index (κ1) is 15.1. The highest BCUT2D eigenvalue weighted by Crippen LogP contribution is 2.21. The Hall–Kier alpha value is -2.83. The number of furan rings is 1. The van der Waals surface area contributed by atoms with E-state index >= 15 is 0 Å². The second-order valence-corrected chi connectivity index (χ2v) is 5.26. The highest BCUT2D eigenvalue weighted by molar-refractivity contribution is 5.91. The van der Waals surface area contributed by atoms with Crippen molar-refractivity contribution in [2.45, 2.75) is 0 Å². The van der Waals surface area contributed by atoms with E-state index in [1.54, 1.807) is 17.0 Å². The van der Waals surface area contributed by atoms with Crippen molar-refractivity contribution in [3.8, 4) is 0 Å². The fourth-order valence-corrected chi connectivity index (χ4v) is 2.60. The number of carbonyl (C=O) groups is 2. The van der Waals surface area contributed by atoms with Gasteiger partial charge in [0.2, 0.25) is 0 Å². The number of rotatable bonds is 3. The summed E-state index contributed by atoms with van der Waals surface area (Å²) in [4.78, 5) is 26.7. The fraction of sp³-hybridized carbons (Fsp3) is 0.250. The molecule has 0 aliphatic carbocycles. The van der Waals surface area contributed by atoms with Crippen LogP contribution >= 0.6 is 0 Å². The molecule has 1 aromatic carbocycles. The van der Waals surface area contributed by atoms with Crippen LogP contribution in [0.2, 0.25) is 0 Å². The van der Waals surface area contributed by atoms with Crippen molar-refractivity contribution in [1.82, 2.24) is 4.90 Å². The molecule has 2 aromatic rings. The summed E-state index contributed by atoms with van der Waals surface area (Å²) >= 11 is 0. The van der Waals surface area contributed by atoms with Gasteiger partial charge in [0.05, 0.1) is 11.8 Å². The van der Waals surface area contributed by atoms with Gasteiger partial charge < -0.3 is 19.3 Å². The summed E-state index contributed by atoms with van der Waals surface area (Å²) in [6.45, 7) is 1.90. The van der Waals surface area contributed by atoms with Gasteiger partial charge in [-0.15, -0.1) is 0 Å². The van der Waals surface area contributed by atoms with Gasteiger partial charge in [0.1, 0.15) is 5.82 Å². The second-order valence-electron chi connectivity index (χ2n) is 5.26. The Balaban J connectivity index is 1.69. The van der Waals surface area contributed by atoms with Crippen LogP contribution in [0.3, 0.4) is 0 Å². The van der Waals surface area contributed by atoms with E-state index in [4.69, 9.17) is 9.52 Å². The molecule has 1 fully saturated rings. The molecular formula is C16H15FN2O4. The maximum absolute atomic E-state index is 13.6. The van der Waals surface area contributed by atoms with Crippen LogP contribution in [0.1, 0.15) is 20.9 Å². The first-order chi connectivity index (χ1) is 11.0. The molecule has 7 heteroatoms. The number of carboxylic acid groups (broad SMARTS) is 1. The van der Waals surface area contributed by atoms with E-state index < -0.39 is 11.8 Å². The maximum atomic E-state index is 13.6. The Bertz CT molecular complexity index is 722. The quantitative estimate of drug-likeness (QED) is 0.938. The number of nitrogens with zero attached hydrogens (tertiary/aromatic N) is 2. The van der Waals surface area contributed by atoms with Crippen LogP contribution in [0.5, 0.6) is 0 Å². The Labute approximate surface area is 131 Å². The summed E-state index contributed by atoms with van der Waals surface area (Å²) in [5, 5.41) is 9.00. The molecule has 2 heterocycles. The SMILES string of the molecule is O=C(O)c1cc(F)cc(N2CCN(C(=O)c3ccco3)CC2)c1. The molecule has 3 rings (SSSR count). The van der Waals surface area contributed by atoms with Crippen molar-refractivity contribution in [2.24, 2.45) is 0 Å².